The van der Waals surface area contributed by atoms with E-state index in [1.54, 1.807) is 34.9 Å². The molecule has 0 saturated carbocycles. The Morgan fingerprint density at radius 2 is 2.10 bits per heavy atom. The van der Waals surface area contributed by atoms with Crippen LogP contribution in [0, 0.1) is 13.8 Å². The molecule has 9 heteroatoms. The second-order valence-corrected chi connectivity index (χ2v) is 9.09. The molecule has 1 aromatic carbocycles. The Kier molecular flexibility index (Phi) is 7.58. The molecule has 6 nitrogen and oxygen atoms in total. The molecule has 0 aliphatic heterocycles. The Labute approximate surface area is 187 Å². The average molecular weight is 464 g/mol. The summed E-state index contributed by atoms with van der Waals surface area (Å²) in [6.45, 7) is 8.70. The zero-order valence-electron chi connectivity index (χ0n) is 16.7. The smallest absolute Gasteiger partial charge is 0.263 e. The molecule has 0 aliphatic carbocycles. The summed E-state index contributed by atoms with van der Waals surface area (Å²) >= 11 is 8.57. The minimum absolute atomic E-state index is 0.0963. The largest absolute Gasteiger partial charge is 0.492 e. The molecule has 0 atom stereocenters. The Bertz CT molecular complexity index is 1120. The van der Waals surface area contributed by atoms with Gasteiger partial charge >= 0.3 is 0 Å². The molecule has 1 amide bonds. The summed E-state index contributed by atoms with van der Waals surface area (Å²) in [6.07, 6.45) is 1.65. The predicted octanol–water partition coefficient (Wildman–Crippen LogP) is 4.20. The molecule has 0 bridgehead atoms. The number of nitrogens with zero attached hydrogens (tertiary/aromatic N) is 2. The predicted molar refractivity (Wildman–Crippen MR) is 124 cm³/mol. The van der Waals surface area contributed by atoms with Crippen molar-refractivity contribution in [2.45, 2.75) is 25.5 Å². The first-order valence-corrected chi connectivity index (χ1v) is 11.5. The lowest BCUT2D eigenvalue weighted by atomic mass is 10.2. The van der Waals surface area contributed by atoms with Crippen LogP contribution < -0.4 is 15.6 Å². The number of fused-ring (bicyclic) bond motifs is 1. The number of ether oxygens (including phenoxy) is 1. The first kappa shape index (κ1) is 22.4. The molecule has 2 aromatic heterocycles. The number of thiophene rings is 1. The number of allylic oxidation sites excluding steroid dienone is 1. The van der Waals surface area contributed by atoms with Gasteiger partial charge in [-0.15, -0.1) is 17.9 Å². The highest BCUT2D eigenvalue weighted by molar-refractivity contribution is 7.99. The number of thioether (sulfide) groups is 1. The van der Waals surface area contributed by atoms with Gasteiger partial charge in [-0.1, -0.05) is 29.4 Å². The van der Waals surface area contributed by atoms with Crippen molar-refractivity contribution in [2.24, 2.45) is 0 Å². The molecule has 3 rings (SSSR count). The minimum Gasteiger partial charge on any atom is -0.492 e. The topological polar surface area (TPSA) is 73.2 Å². The van der Waals surface area contributed by atoms with Crippen LogP contribution in [0.25, 0.3) is 10.2 Å². The summed E-state index contributed by atoms with van der Waals surface area (Å²) in [6, 6.07) is 7.04. The number of hydrogen-bond donors (Lipinski definition) is 1. The van der Waals surface area contributed by atoms with E-state index < -0.39 is 0 Å². The Morgan fingerprint density at radius 1 is 1.37 bits per heavy atom. The van der Waals surface area contributed by atoms with Crippen molar-refractivity contribution in [3.05, 3.63) is 62.7 Å². The highest BCUT2D eigenvalue weighted by Crippen LogP contribution is 2.28. The number of aryl methyl sites for hydroxylation is 2. The summed E-state index contributed by atoms with van der Waals surface area (Å²) in [7, 11) is 0. The van der Waals surface area contributed by atoms with Gasteiger partial charge in [0.05, 0.1) is 17.7 Å². The number of carbonyl (C=O) groups is 1. The summed E-state index contributed by atoms with van der Waals surface area (Å²) < 4.78 is 7.12. The van der Waals surface area contributed by atoms with Crippen molar-refractivity contribution in [2.75, 3.05) is 18.9 Å². The van der Waals surface area contributed by atoms with Crippen LogP contribution in [0.2, 0.25) is 5.02 Å². The van der Waals surface area contributed by atoms with Crippen LogP contribution in [0.1, 0.15) is 10.4 Å². The highest BCUT2D eigenvalue weighted by atomic mass is 35.5. The van der Waals surface area contributed by atoms with Gasteiger partial charge in [0.15, 0.2) is 5.16 Å². The Hall–Kier alpha value is -2.29. The van der Waals surface area contributed by atoms with Crippen LogP contribution >= 0.6 is 34.7 Å². The zero-order valence-corrected chi connectivity index (χ0v) is 19.1. The van der Waals surface area contributed by atoms with Crippen molar-refractivity contribution in [3.63, 3.8) is 0 Å². The third-order valence-electron chi connectivity index (χ3n) is 4.40. The minimum atomic E-state index is -0.155. The van der Waals surface area contributed by atoms with E-state index in [1.165, 1.54) is 23.1 Å². The molecule has 0 saturated heterocycles. The number of amides is 1. The van der Waals surface area contributed by atoms with Crippen molar-refractivity contribution in [1.82, 2.24) is 14.9 Å². The van der Waals surface area contributed by atoms with Crippen molar-refractivity contribution in [3.8, 4) is 5.75 Å². The SMILES string of the molecule is C=CCn1c(SCC(=O)NCCOc2ccc(Cl)cc2)nc2sc(C)c(C)c2c1=O. The molecule has 0 fully saturated rings. The van der Waals surface area contributed by atoms with Gasteiger partial charge in [-0.3, -0.25) is 14.2 Å². The first-order valence-electron chi connectivity index (χ1n) is 9.30. The molecule has 0 spiro atoms. The van der Waals surface area contributed by atoms with E-state index in [0.717, 1.165) is 10.4 Å². The second-order valence-electron chi connectivity index (χ2n) is 6.50. The van der Waals surface area contributed by atoms with Crippen LogP contribution in [-0.2, 0) is 11.3 Å². The summed E-state index contributed by atoms with van der Waals surface area (Å²) in [4.78, 5) is 31.5. The molecule has 30 heavy (non-hydrogen) atoms. The molecule has 0 radical (unpaired) electrons. The second kappa shape index (κ2) is 10.1. The molecule has 3 aromatic rings. The fourth-order valence-corrected chi connectivity index (χ4v) is 4.82. The first-order chi connectivity index (χ1) is 14.4. The zero-order chi connectivity index (χ0) is 21.7. The maximum absolute atomic E-state index is 12.9. The van der Waals surface area contributed by atoms with E-state index in [9.17, 15) is 9.59 Å². The van der Waals surface area contributed by atoms with Gasteiger partial charge in [0, 0.05) is 16.4 Å². The van der Waals surface area contributed by atoms with Gasteiger partial charge in [0.25, 0.3) is 5.56 Å². The molecular formula is C21H22ClN3O3S2. The Morgan fingerprint density at radius 3 is 2.80 bits per heavy atom. The van der Waals surface area contributed by atoms with Crippen molar-refractivity contribution < 1.29 is 9.53 Å². The van der Waals surface area contributed by atoms with E-state index in [2.05, 4.69) is 16.9 Å². The van der Waals surface area contributed by atoms with Crippen LogP contribution in [0.15, 0.2) is 46.9 Å². The standard InChI is InChI=1S/C21H22ClN3O3S2/c1-4-10-25-20(27)18-13(2)14(3)30-19(18)24-21(25)29-12-17(26)23-9-11-28-16-7-5-15(22)6-8-16/h4-8H,1,9-12H2,2-3H3,(H,23,26). The lowest BCUT2D eigenvalue weighted by Crippen LogP contribution is -2.30. The maximum atomic E-state index is 12.9. The van der Waals surface area contributed by atoms with Crippen LogP contribution in [-0.4, -0.2) is 34.4 Å². The van der Waals surface area contributed by atoms with Gasteiger partial charge in [-0.25, -0.2) is 4.98 Å². The fourth-order valence-electron chi connectivity index (χ4n) is 2.78. The van der Waals surface area contributed by atoms with Gasteiger partial charge in [0.1, 0.15) is 17.2 Å². The number of benzene rings is 1. The molecular weight excluding hydrogens is 442 g/mol. The van der Waals surface area contributed by atoms with Gasteiger partial charge in [0.2, 0.25) is 5.91 Å². The van der Waals surface area contributed by atoms with E-state index in [-0.39, 0.29) is 17.2 Å². The monoisotopic (exact) mass is 463 g/mol. The summed E-state index contributed by atoms with van der Waals surface area (Å²) in [5.74, 6) is 0.688. The number of nitrogens with one attached hydrogen (secondary N) is 1. The highest BCUT2D eigenvalue weighted by Gasteiger charge is 2.17. The number of carbonyl (C=O) groups excluding carboxylic acids is 1. The third kappa shape index (κ3) is 5.24. The van der Waals surface area contributed by atoms with Crippen molar-refractivity contribution in [1.29, 1.82) is 0 Å². The van der Waals surface area contributed by atoms with Crippen LogP contribution in [0.4, 0.5) is 0 Å². The number of halogens is 1. The maximum Gasteiger partial charge on any atom is 0.263 e. The summed E-state index contributed by atoms with van der Waals surface area (Å²) in [5, 5.41) is 4.61. The summed E-state index contributed by atoms with van der Waals surface area (Å²) in [5.41, 5.74) is 0.862. The number of hydrogen-bond acceptors (Lipinski definition) is 6. The molecule has 2 heterocycles. The molecule has 0 aliphatic rings. The fraction of sp³-hybridized carbons (Fsp3) is 0.286. The van der Waals surface area contributed by atoms with Crippen molar-refractivity contribution >= 4 is 50.8 Å². The Balaban J connectivity index is 1.59. The lowest BCUT2D eigenvalue weighted by molar-refractivity contribution is -0.118. The number of aromatic nitrogens is 2. The van der Waals surface area contributed by atoms with E-state index in [4.69, 9.17) is 16.3 Å². The van der Waals surface area contributed by atoms with E-state index in [1.807, 2.05) is 13.8 Å². The molecule has 0 unspecified atom stereocenters. The molecule has 158 valence electrons. The van der Waals surface area contributed by atoms with E-state index >= 15 is 0 Å². The van der Waals surface area contributed by atoms with Gasteiger partial charge in [-0.2, -0.15) is 0 Å². The average Bonchev–Trinajstić information content (AvgIpc) is 3.01. The quantitative estimate of drug-likeness (QED) is 0.223. The normalized spacial score (nSPS) is 10.9. The lowest BCUT2D eigenvalue weighted by Gasteiger charge is -2.11. The van der Waals surface area contributed by atoms with Gasteiger partial charge in [-0.05, 0) is 43.7 Å². The van der Waals surface area contributed by atoms with E-state index in [0.29, 0.717) is 45.8 Å². The number of rotatable bonds is 9. The van der Waals surface area contributed by atoms with Crippen LogP contribution in [0.5, 0.6) is 5.75 Å². The third-order valence-corrected chi connectivity index (χ3v) is 6.73. The van der Waals surface area contributed by atoms with Gasteiger partial charge < -0.3 is 10.1 Å². The molecule has 1 N–H and O–H groups in total. The van der Waals surface area contributed by atoms with Crippen LogP contribution in [0.3, 0.4) is 0 Å².